The molecule has 0 unspecified atom stereocenters. The molecular formula is C47H33N. The number of hydrogen-bond donors (Lipinski definition) is 0. The molecule has 226 valence electrons. The summed E-state index contributed by atoms with van der Waals surface area (Å²) in [6.45, 7) is 0. The maximum Gasteiger partial charge on any atom is 0.0715 e. The van der Waals surface area contributed by atoms with Crippen molar-refractivity contribution in [2.75, 3.05) is 0 Å². The molecular weight excluding hydrogens is 579 g/mol. The number of hydrogen-bond acceptors (Lipinski definition) is 1. The summed E-state index contributed by atoms with van der Waals surface area (Å²) in [5.74, 6) is 0. The van der Waals surface area contributed by atoms with Gasteiger partial charge in [0.15, 0.2) is 0 Å². The summed E-state index contributed by atoms with van der Waals surface area (Å²) in [5, 5.41) is 0. The van der Waals surface area contributed by atoms with Gasteiger partial charge in [-0.2, -0.15) is 0 Å². The Balaban J connectivity index is 1.28. The Morgan fingerprint density at radius 2 is 0.417 bits per heavy atom. The second kappa shape index (κ2) is 13.2. The van der Waals surface area contributed by atoms with Gasteiger partial charge < -0.3 is 0 Å². The fourth-order valence-electron chi connectivity index (χ4n) is 6.31. The molecule has 0 aliphatic rings. The molecule has 0 saturated carbocycles. The fourth-order valence-corrected chi connectivity index (χ4v) is 6.31. The Morgan fingerprint density at radius 3 is 0.750 bits per heavy atom. The summed E-state index contributed by atoms with van der Waals surface area (Å²) in [4.78, 5) is 5.14. The molecule has 0 spiro atoms. The molecule has 0 amide bonds. The van der Waals surface area contributed by atoms with Crippen LogP contribution in [0.4, 0.5) is 0 Å². The van der Waals surface area contributed by atoms with Gasteiger partial charge in [-0.25, -0.2) is 4.98 Å². The van der Waals surface area contributed by atoms with Gasteiger partial charge in [-0.1, -0.05) is 170 Å². The van der Waals surface area contributed by atoms with E-state index >= 15 is 0 Å². The van der Waals surface area contributed by atoms with E-state index in [9.17, 15) is 0 Å². The Kier molecular flexibility index (Phi) is 8.01. The lowest BCUT2D eigenvalue weighted by Gasteiger charge is -2.14. The van der Waals surface area contributed by atoms with Crippen LogP contribution in [0.25, 0.3) is 78.1 Å². The third-order valence-corrected chi connectivity index (χ3v) is 8.88. The predicted octanol–water partition coefficient (Wildman–Crippen LogP) is 12.8. The standard InChI is InChI=1S/C47H33N/c1-5-13-34(14-6-1)36-21-25-38(26-22-36)42-29-43(39-27-23-37(24-28-39)35-15-7-2-8-16-35)31-44(30-42)45-32-46(40-17-9-3-10-18-40)48-47(33-45)41-19-11-4-12-20-41/h1-33H. The van der Waals surface area contributed by atoms with E-state index in [0.29, 0.717) is 0 Å². The highest BCUT2D eigenvalue weighted by Gasteiger charge is 2.13. The summed E-state index contributed by atoms with van der Waals surface area (Å²) >= 11 is 0. The average Bonchev–Trinajstić information content (AvgIpc) is 3.19. The van der Waals surface area contributed by atoms with E-state index in [1.54, 1.807) is 0 Å². The van der Waals surface area contributed by atoms with Crippen LogP contribution in [0.1, 0.15) is 0 Å². The van der Waals surface area contributed by atoms with Crippen LogP contribution in [0.2, 0.25) is 0 Å². The minimum Gasteiger partial charge on any atom is -0.248 e. The number of benzene rings is 7. The number of aromatic nitrogens is 1. The van der Waals surface area contributed by atoms with Gasteiger partial charge >= 0.3 is 0 Å². The second-order valence-electron chi connectivity index (χ2n) is 12.0. The quantitative estimate of drug-likeness (QED) is 0.175. The molecule has 1 aromatic heterocycles. The molecule has 1 heterocycles. The van der Waals surface area contributed by atoms with Crippen LogP contribution >= 0.6 is 0 Å². The van der Waals surface area contributed by atoms with Crippen LogP contribution in [-0.2, 0) is 0 Å². The van der Waals surface area contributed by atoms with Crippen molar-refractivity contribution in [1.82, 2.24) is 4.98 Å². The molecule has 48 heavy (non-hydrogen) atoms. The Bertz CT molecular complexity index is 2110. The first kappa shape index (κ1) is 29.1. The molecule has 0 saturated heterocycles. The van der Waals surface area contributed by atoms with Gasteiger partial charge in [-0.05, 0) is 86.0 Å². The van der Waals surface area contributed by atoms with E-state index in [1.807, 2.05) is 12.1 Å². The topological polar surface area (TPSA) is 12.9 Å². The first-order chi connectivity index (χ1) is 23.8. The summed E-state index contributed by atoms with van der Waals surface area (Å²) in [6, 6.07) is 71.2. The van der Waals surface area contributed by atoms with Crippen molar-refractivity contribution in [3.63, 3.8) is 0 Å². The molecule has 1 heteroatoms. The molecule has 0 bridgehead atoms. The third kappa shape index (κ3) is 6.23. The van der Waals surface area contributed by atoms with Gasteiger partial charge in [0, 0.05) is 11.1 Å². The highest BCUT2D eigenvalue weighted by molar-refractivity contribution is 5.85. The van der Waals surface area contributed by atoms with Crippen LogP contribution in [0.15, 0.2) is 200 Å². The molecule has 1 nitrogen and oxygen atoms in total. The smallest absolute Gasteiger partial charge is 0.0715 e. The monoisotopic (exact) mass is 611 g/mol. The second-order valence-corrected chi connectivity index (χ2v) is 12.0. The SMILES string of the molecule is c1ccc(-c2ccc(-c3cc(-c4ccc(-c5ccccc5)cc4)cc(-c4cc(-c5ccccc5)nc(-c5ccccc5)c4)c3)cc2)cc1. The van der Waals surface area contributed by atoms with E-state index in [0.717, 1.165) is 33.6 Å². The summed E-state index contributed by atoms with van der Waals surface area (Å²) < 4.78 is 0. The van der Waals surface area contributed by atoms with E-state index in [2.05, 4.69) is 188 Å². The van der Waals surface area contributed by atoms with E-state index < -0.39 is 0 Å². The third-order valence-electron chi connectivity index (χ3n) is 8.88. The molecule has 8 rings (SSSR count). The van der Waals surface area contributed by atoms with Gasteiger partial charge in [-0.15, -0.1) is 0 Å². The van der Waals surface area contributed by atoms with Crippen LogP contribution in [0.3, 0.4) is 0 Å². The van der Waals surface area contributed by atoms with Crippen molar-refractivity contribution in [1.29, 1.82) is 0 Å². The van der Waals surface area contributed by atoms with Gasteiger partial charge in [0.1, 0.15) is 0 Å². The van der Waals surface area contributed by atoms with Crippen LogP contribution in [-0.4, -0.2) is 4.98 Å². The summed E-state index contributed by atoms with van der Waals surface area (Å²) in [7, 11) is 0. The van der Waals surface area contributed by atoms with Crippen molar-refractivity contribution in [2.24, 2.45) is 0 Å². The molecule has 8 aromatic rings. The van der Waals surface area contributed by atoms with Gasteiger partial charge in [0.2, 0.25) is 0 Å². The van der Waals surface area contributed by atoms with Crippen molar-refractivity contribution in [3.05, 3.63) is 200 Å². The zero-order chi connectivity index (χ0) is 32.1. The molecule has 0 radical (unpaired) electrons. The van der Waals surface area contributed by atoms with Crippen molar-refractivity contribution < 1.29 is 0 Å². The normalized spacial score (nSPS) is 10.9. The van der Waals surface area contributed by atoms with Crippen molar-refractivity contribution in [3.8, 4) is 78.1 Å². The minimum atomic E-state index is 0.957. The molecule has 0 aliphatic heterocycles. The number of rotatable bonds is 7. The zero-order valence-corrected chi connectivity index (χ0v) is 26.5. The Morgan fingerprint density at radius 1 is 0.188 bits per heavy atom. The average molecular weight is 612 g/mol. The maximum absolute atomic E-state index is 5.14. The molecule has 0 aliphatic carbocycles. The first-order valence-electron chi connectivity index (χ1n) is 16.4. The van der Waals surface area contributed by atoms with E-state index in [4.69, 9.17) is 4.98 Å². The lowest BCUT2D eigenvalue weighted by Crippen LogP contribution is -1.92. The van der Waals surface area contributed by atoms with E-state index in [-0.39, 0.29) is 0 Å². The Labute approximate surface area is 282 Å². The fraction of sp³-hybridized carbons (Fsp3) is 0. The largest absolute Gasteiger partial charge is 0.248 e. The molecule has 0 fully saturated rings. The molecule has 7 aromatic carbocycles. The summed E-state index contributed by atoms with van der Waals surface area (Å²) in [5.41, 5.74) is 16.0. The lowest BCUT2D eigenvalue weighted by molar-refractivity contribution is 1.32. The maximum atomic E-state index is 5.14. The van der Waals surface area contributed by atoms with Gasteiger partial charge in [-0.3, -0.25) is 0 Å². The highest BCUT2D eigenvalue weighted by atomic mass is 14.7. The van der Waals surface area contributed by atoms with Crippen LogP contribution in [0, 0.1) is 0 Å². The highest BCUT2D eigenvalue weighted by Crippen LogP contribution is 2.37. The van der Waals surface area contributed by atoms with Crippen molar-refractivity contribution in [2.45, 2.75) is 0 Å². The minimum absolute atomic E-state index is 0.957. The predicted molar refractivity (Wildman–Crippen MR) is 202 cm³/mol. The zero-order valence-electron chi connectivity index (χ0n) is 26.5. The molecule has 0 atom stereocenters. The first-order valence-corrected chi connectivity index (χ1v) is 16.4. The van der Waals surface area contributed by atoms with Gasteiger partial charge in [0.05, 0.1) is 11.4 Å². The Hall–Kier alpha value is -6.31. The van der Waals surface area contributed by atoms with Crippen LogP contribution < -0.4 is 0 Å². The van der Waals surface area contributed by atoms with E-state index in [1.165, 1.54) is 44.5 Å². The lowest BCUT2D eigenvalue weighted by atomic mass is 9.91. The van der Waals surface area contributed by atoms with Crippen LogP contribution in [0.5, 0.6) is 0 Å². The number of pyridine rings is 1. The van der Waals surface area contributed by atoms with Gasteiger partial charge in [0.25, 0.3) is 0 Å². The van der Waals surface area contributed by atoms with Crippen molar-refractivity contribution >= 4 is 0 Å². The number of nitrogens with zero attached hydrogens (tertiary/aromatic N) is 1. The molecule has 0 N–H and O–H groups in total. The summed E-state index contributed by atoms with van der Waals surface area (Å²) in [6.07, 6.45) is 0.